The number of rotatable bonds is 6. The van der Waals surface area contributed by atoms with Crippen LogP contribution in [0.4, 0.5) is 0 Å². The maximum absolute atomic E-state index is 12.7. The van der Waals surface area contributed by atoms with Gasteiger partial charge in [-0.2, -0.15) is 0 Å². The molecule has 5 nitrogen and oxygen atoms in total. The molecule has 1 aliphatic rings. The van der Waals surface area contributed by atoms with Gasteiger partial charge in [-0.25, -0.2) is 0 Å². The molecular weight excluding hydrogens is 306 g/mol. The Morgan fingerprint density at radius 3 is 2.50 bits per heavy atom. The molecular formula is C19H19NO4. The summed E-state index contributed by atoms with van der Waals surface area (Å²) in [4.78, 5) is 14.4. The zero-order valence-corrected chi connectivity index (χ0v) is 13.5. The molecule has 1 fully saturated rings. The predicted molar refractivity (Wildman–Crippen MR) is 86.2 cm³/mol. The Hall–Kier alpha value is -2.69. The van der Waals surface area contributed by atoms with E-state index in [-0.39, 0.29) is 5.91 Å². The molecule has 0 radical (unpaired) electrons. The Balaban J connectivity index is 1.53. The lowest BCUT2D eigenvalue weighted by Crippen LogP contribution is -2.29. The first-order chi connectivity index (χ1) is 11.7. The van der Waals surface area contributed by atoms with Gasteiger partial charge in [0.2, 0.25) is 0 Å². The minimum atomic E-state index is -0.186. The molecule has 0 spiro atoms. The molecule has 1 saturated carbocycles. The summed E-state index contributed by atoms with van der Waals surface area (Å²) in [5.41, 5.74) is 0. The number of hydrogen-bond donors (Lipinski definition) is 0. The molecule has 2 unspecified atom stereocenters. The normalized spacial score (nSPS) is 19.4. The molecule has 24 heavy (non-hydrogen) atoms. The van der Waals surface area contributed by atoms with Gasteiger partial charge in [0.1, 0.15) is 17.3 Å². The summed E-state index contributed by atoms with van der Waals surface area (Å²) in [6, 6.07) is 11.0. The molecule has 3 aromatic rings. The van der Waals surface area contributed by atoms with Crippen molar-refractivity contribution in [3.05, 3.63) is 72.0 Å². The van der Waals surface area contributed by atoms with Gasteiger partial charge >= 0.3 is 0 Å². The number of furan rings is 3. The lowest BCUT2D eigenvalue weighted by molar-refractivity contribution is 0.0671. The minimum Gasteiger partial charge on any atom is -0.467 e. The molecule has 0 N–H and O–H groups in total. The molecule has 0 saturated heterocycles. The maximum atomic E-state index is 12.7. The van der Waals surface area contributed by atoms with E-state index in [4.69, 9.17) is 13.3 Å². The molecule has 4 rings (SSSR count). The molecule has 5 heteroatoms. The highest BCUT2D eigenvalue weighted by atomic mass is 16.4. The average molecular weight is 325 g/mol. The summed E-state index contributed by atoms with van der Waals surface area (Å²) in [5.74, 6) is 3.85. The third-order valence-corrected chi connectivity index (χ3v) is 4.45. The van der Waals surface area contributed by atoms with E-state index in [1.807, 2.05) is 24.3 Å². The first-order valence-electron chi connectivity index (χ1n) is 8.14. The average Bonchev–Trinajstić information content (AvgIpc) is 3.12. The van der Waals surface area contributed by atoms with Crippen molar-refractivity contribution < 1.29 is 18.0 Å². The summed E-state index contributed by atoms with van der Waals surface area (Å²) in [6.07, 6.45) is 4.27. The second-order valence-electron chi connectivity index (χ2n) is 6.34. The first-order valence-corrected chi connectivity index (χ1v) is 8.14. The Bertz CT molecular complexity index is 800. The summed E-state index contributed by atoms with van der Waals surface area (Å²) in [6.45, 7) is 2.96. The maximum Gasteiger partial charge on any atom is 0.290 e. The van der Waals surface area contributed by atoms with Crippen LogP contribution in [0.15, 0.2) is 62.2 Å². The van der Waals surface area contributed by atoms with Crippen LogP contribution in [-0.2, 0) is 13.1 Å². The van der Waals surface area contributed by atoms with E-state index < -0.39 is 0 Å². The monoisotopic (exact) mass is 325 g/mol. The van der Waals surface area contributed by atoms with Crippen molar-refractivity contribution in [2.45, 2.75) is 32.4 Å². The zero-order valence-electron chi connectivity index (χ0n) is 13.5. The van der Waals surface area contributed by atoms with E-state index in [2.05, 4.69) is 6.92 Å². The van der Waals surface area contributed by atoms with E-state index in [1.54, 1.807) is 23.3 Å². The number of amides is 1. The van der Waals surface area contributed by atoms with E-state index in [0.717, 1.165) is 17.3 Å². The number of nitrogens with zero attached hydrogens (tertiary/aromatic N) is 1. The third-order valence-electron chi connectivity index (χ3n) is 4.45. The van der Waals surface area contributed by atoms with E-state index in [0.29, 0.717) is 30.7 Å². The molecule has 3 heterocycles. The van der Waals surface area contributed by atoms with Crippen LogP contribution < -0.4 is 0 Å². The Labute approximate surface area is 139 Å². The van der Waals surface area contributed by atoms with Gasteiger partial charge in [-0.1, -0.05) is 6.92 Å². The topological polar surface area (TPSA) is 59.7 Å². The molecule has 2 atom stereocenters. The molecule has 1 amide bonds. The molecule has 0 aliphatic heterocycles. The van der Waals surface area contributed by atoms with Crippen molar-refractivity contribution in [3.8, 4) is 0 Å². The van der Waals surface area contributed by atoms with Gasteiger partial charge < -0.3 is 18.2 Å². The summed E-state index contributed by atoms with van der Waals surface area (Å²) in [5, 5.41) is 0. The first kappa shape index (κ1) is 14.9. The van der Waals surface area contributed by atoms with Gasteiger partial charge in [-0.15, -0.1) is 0 Å². The lowest BCUT2D eigenvalue weighted by Gasteiger charge is -2.19. The van der Waals surface area contributed by atoms with Gasteiger partial charge in [-0.3, -0.25) is 4.79 Å². The van der Waals surface area contributed by atoms with Crippen LogP contribution in [0.3, 0.4) is 0 Å². The van der Waals surface area contributed by atoms with Crippen molar-refractivity contribution in [3.63, 3.8) is 0 Å². The van der Waals surface area contributed by atoms with Crippen LogP contribution in [0.5, 0.6) is 0 Å². The summed E-state index contributed by atoms with van der Waals surface area (Å²) >= 11 is 0. The number of carbonyl (C=O) groups is 1. The van der Waals surface area contributed by atoms with Crippen LogP contribution in [0.2, 0.25) is 0 Å². The van der Waals surface area contributed by atoms with Crippen LogP contribution >= 0.6 is 0 Å². The largest absolute Gasteiger partial charge is 0.467 e. The predicted octanol–water partition coefficient (Wildman–Crippen LogP) is 4.43. The van der Waals surface area contributed by atoms with Crippen LogP contribution in [0, 0.1) is 5.92 Å². The Kier molecular flexibility index (Phi) is 3.76. The second kappa shape index (κ2) is 6.07. The van der Waals surface area contributed by atoms with Gasteiger partial charge in [0.25, 0.3) is 5.91 Å². The summed E-state index contributed by atoms with van der Waals surface area (Å²) < 4.78 is 16.6. The Morgan fingerprint density at radius 2 is 1.83 bits per heavy atom. The molecule has 3 aromatic heterocycles. The molecule has 0 aromatic carbocycles. The Morgan fingerprint density at radius 1 is 1.08 bits per heavy atom. The standard InChI is InChI=1S/C19H19NO4/c1-13-10-16(13)17-7-6-15(24-17)12-20(11-14-4-2-8-22-14)19(21)18-5-3-9-23-18/h2-9,13,16H,10-12H2,1H3. The number of hydrogen-bond acceptors (Lipinski definition) is 4. The molecule has 124 valence electrons. The lowest BCUT2D eigenvalue weighted by atomic mass is 10.2. The van der Waals surface area contributed by atoms with Gasteiger partial charge in [0, 0.05) is 5.92 Å². The highest BCUT2D eigenvalue weighted by Gasteiger charge is 2.36. The van der Waals surface area contributed by atoms with Crippen molar-refractivity contribution >= 4 is 5.91 Å². The quantitative estimate of drug-likeness (QED) is 0.672. The fourth-order valence-corrected chi connectivity index (χ4v) is 2.93. The smallest absolute Gasteiger partial charge is 0.290 e. The van der Waals surface area contributed by atoms with Crippen LogP contribution in [0.25, 0.3) is 0 Å². The van der Waals surface area contributed by atoms with Crippen molar-refractivity contribution in [2.75, 3.05) is 0 Å². The van der Waals surface area contributed by atoms with Crippen LogP contribution in [0.1, 0.15) is 47.1 Å². The van der Waals surface area contributed by atoms with Crippen LogP contribution in [-0.4, -0.2) is 10.8 Å². The van der Waals surface area contributed by atoms with E-state index in [9.17, 15) is 4.79 Å². The van der Waals surface area contributed by atoms with Gasteiger partial charge in [-0.05, 0) is 48.7 Å². The SMILES string of the molecule is CC1CC1c1ccc(CN(Cc2ccco2)C(=O)c2ccco2)o1. The van der Waals surface area contributed by atoms with E-state index in [1.165, 1.54) is 12.7 Å². The van der Waals surface area contributed by atoms with Crippen molar-refractivity contribution in [1.82, 2.24) is 4.90 Å². The zero-order chi connectivity index (χ0) is 16.5. The van der Waals surface area contributed by atoms with Crippen molar-refractivity contribution in [1.29, 1.82) is 0 Å². The second-order valence-corrected chi connectivity index (χ2v) is 6.34. The fourth-order valence-electron chi connectivity index (χ4n) is 2.93. The highest BCUT2D eigenvalue weighted by molar-refractivity contribution is 5.91. The number of carbonyl (C=O) groups excluding carboxylic acids is 1. The molecule has 0 bridgehead atoms. The highest BCUT2D eigenvalue weighted by Crippen LogP contribution is 2.47. The fraction of sp³-hybridized carbons (Fsp3) is 0.316. The minimum absolute atomic E-state index is 0.186. The van der Waals surface area contributed by atoms with Gasteiger partial charge in [0.15, 0.2) is 5.76 Å². The summed E-state index contributed by atoms with van der Waals surface area (Å²) in [7, 11) is 0. The molecule has 1 aliphatic carbocycles. The van der Waals surface area contributed by atoms with Crippen molar-refractivity contribution in [2.24, 2.45) is 5.92 Å². The third kappa shape index (κ3) is 3.02. The van der Waals surface area contributed by atoms with Gasteiger partial charge in [0.05, 0.1) is 25.6 Å². The van der Waals surface area contributed by atoms with E-state index >= 15 is 0 Å².